The van der Waals surface area contributed by atoms with Crippen LogP contribution in [-0.4, -0.2) is 29.1 Å². The molecule has 2 nitrogen and oxygen atoms in total. The van der Waals surface area contributed by atoms with Crippen molar-refractivity contribution >= 4 is 27.7 Å². The Morgan fingerprint density at radius 2 is 2.17 bits per heavy atom. The summed E-state index contributed by atoms with van der Waals surface area (Å²) in [4.78, 5) is 4.23. The third-order valence-corrected chi connectivity index (χ3v) is 4.36. The minimum atomic E-state index is 0.553. The van der Waals surface area contributed by atoms with Crippen LogP contribution in [0.5, 0.6) is 0 Å². The highest BCUT2D eigenvalue weighted by atomic mass is 79.9. The third-order valence-electron chi connectivity index (χ3n) is 2.59. The van der Waals surface area contributed by atoms with Crippen molar-refractivity contribution in [2.24, 2.45) is 0 Å². The molecule has 0 saturated carbocycles. The van der Waals surface area contributed by atoms with Gasteiger partial charge in [0.25, 0.3) is 0 Å². The van der Waals surface area contributed by atoms with Crippen LogP contribution in [0.25, 0.3) is 0 Å². The van der Waals surface area contributed by atoms with Gasteiger partial charge in [-0.1, -0.05) is 13.8 Å². The first-order valence-corrected chi connectivity index (χ1v) is 8.61. The molecule has 1 unspecified atom stereocenters. The highest BCUT2D eigenvalue weighted by Crippen LogP contribution is 2.13. The molecular weight excluding hydrogens is 308 g/mol. The molecule has 0 amide bonds. The van der Waals surface area contributed by atoms with E-state index in [1.807, 2.05) is 24.2 Å². The van der Waals surface area contributed by atoms with E-state index in [0.29, 0.717) is 6.04 Å². The number of hydrogen-bond donors (Lipinski definition) is 1. The number of pyridine rings is 1. The Morgan fingerprint density at radius 1 is 1.33 bits per heavy atom. The molecule has 0 aliphatic rings. The van der Waals surface area contributed by atoms with Crippen molar-refractivity contribution in [2.75, 3.05) is 18.1 Å². The van der Waals surface area contributed by atoms with Crippen LogP contribution in [0.4, 0.5) is 0 Å². The van der Waals surface area contributed by atoms with Crippen LogP contribution >= 0.6 is 27.7 Å². The topological polar surface area (TPSA) is 24.9 Å². The van der Waals surface area contributed by atoms with Gasteiger partial charge in [-0.2, -0.15) is 11.8 Å². The van der Waals surface area contributed by atoms with Crippen molar-refractivity contribution in [2.45, 2.75) is 39.2 Å². The van der Waals surface area contributed by atoms with Crippen molar-refractivity contribution in [1.82, 2.24) is 10.3 Å². The van der Waals surface area contributed by atoms with Crippen molar-refractivity contribution < 1.29 is 0 Å². The van der Waals surface area contributed by atoms with Gasteiger partial charge < -0.3 is 5.32 Å². The van der Waals surface area contributed by atoms with Crippen molar-refractivity contribution in [3.63, 3.8) is 0 Å². The smallest absolute Gasteiger partial charge is 0.0410 e. The Hall–Kier alpha value is -0.0600. The summed E-state index contributed by atoms with van der Waals surface area (Å²) < 4.78 is 1.07. The molecule has 4 heteroatoms. The Bertz CT molecular complexity index is 333. The Kier molecular flexibility index (Phi) is 8.72. The standard InChI is InChI=1S/C14H23BrN2S/c1-3-5-17-14(11-18-6-4-2)8-12-7-13(15)10-16-9-12/h7,9-10,14,17H,3-6,8,11H2,1-2H3. The van der Waals surface area contributed by atoms with E-state index in [0.717, 1.165) is 17.4 Å². The van der Waals surface area contributed by atoms with E-state index >= 15 is 0 Å². The zero-order chi connectivity index (χ0) is 13.2. The summed E-state index contributed by atoms with van der Waals surface area (Å²) in [6.45, 7) is 5.54. The minimum Gasteiger partial charge on any atom is -0.313 e. The van der Waals surface area contributed by atoms with Gasteiger partial charge in [-0.3, -0.25) is 4.98 Å². The molecule has 0 aliphatic heterocycles. The fourth-order valence-corrected chi connectivity index (χ4v) is 3.15. The molecule has 0 radical (unpaired) electrons. The quantitative estimate of drug-likeness (QED) is 0.695. The number of hydrogen-bond acceptors (Lipinski definition) is 3. The molecule has 1 atom stereocenters. The van der Waals surface area contributed by atoms with Crippen LogP contribution in [0.1, 0.15) is 32.3 Å². The van der Waals surface area contributed by atoms with E-state index in [1.165, 1.54) is 29.9 Å². The lowest BCUT2D eigenvalue weighted by molar-refractivity contribution is 0.549. The molecule has 1 heterocycles. The van der Waals surface area contributed by atoms with Crippen LogP contribution in [0, 0.1) is 0 Å². The van der Waals surface area contributed by atoms with E-state index in [2.05, 4.69) is 46.1 Å². The minimum absolute atomic E-state index is 0.553. The SMILES string of the molecule is CCCNC(CSCCC)Cc1cncc(Br)c1. The number of nitrogens with zero attached hydrogens (tertiary/aromatic N) is 1. The van der Waals surface area contributed by atoms with E-state index in [4.69, 9.17) is 0 Å². The van der Waals surface area contributed by atoms with Gasteiger partial charge in [0.05, 0.1) is 0 Å². The fraction of sp³-hybridized carbons (Fsp3) is 0.643. The first-order chi connectivity index (χ1) is 8.76. The van der Waals surface area contributed by atoms with E-state index in [-0.39, 0.29) is 0 Å². The summed E-state index contributed by atoms with van der Waals surface area (Å²) in [5, 5.41) is 3.63. The summed E-state index contributed by atoms with van der Waals surface area (Å²) in [6, 6.07) is 2.72. The third kappa shape index (κ3) is 6.76. The molecule has 0 fully saturated rings. The van der Waals surface area contributed by atoms with Crippen LogP contribution < -0.4 is 5.32 Å². The average Bonchev–Trinajstić information content (AvgIpc) is 2.36. The molecule has 102 valence electrons. The van der Waals surface area contributed by atoms with Crippen LogP contribution in [0.3, 0.4) is 0 Å². The van der Waals surface area contributed by atoms with Gasteiger partial charge in [0.15, 0.2) is 0 Å². The molecule has 0 aromatic carbocycles. The van der Waals surface area contributed by atoms with Gasteiger partial charge in [0.1, 0.15) is 0 Å². The summed E-state index contributed by atoms with van der Waals surface area (Å²) >= 11 is 5.52. The monoisotopic (exact) mass is 330 g/mol. The number of nitrogens with one attached hydrogen (secondary N) is 1. The van der Waals surface area contributed by atoms with Crippen LogP contribution in [-0.2, 0) is 6.42 Å². The predicted octanol–water partition coefficient (Wildman–Crippen LogP) is 3.90. The van der Waals surface area contributed by atoms with Crippen molar-refractivity contribution in [3.8, 4) is 0 Å². The van der Waals surface area contributed by atoms with Gasteiger partial charge in [0, 0.05) is 28.7 Å². The number of aromatic nitrogens is 1. The molecule has 18 heavy (non-hydrogen) atoms. The van der Waals surface area contributed by atoms with Crippen molar-refractivity contribution in [3.05, 3.63) is 28.5 Å². The first kappa shape index (κ1) is 16.0. The Labute approximate surface area is 123 Å². The first-order valence-electron chi connectivity index (χ1n) is 6.66. The second-order valence-corrected chi connectivity index (χ2v) is 6.51. The molecule has 1 N–H and O–H groups in total. The van der Waals surface area contributed by atoms with Gasteiger partial charge in [-0.25, -0.2) is 0 Å². The molecule has 0 bridgehead atoms. The number of halogens is 1. The van der Waals surface area contributed by atoms with Gasteiger partial charge in [-0.05, 0) is 59.1 Å². The maximum atomic E-state index is 4.23. The maximum absolute atomic E-state index is 4.23. The molecule has 0 saturated heterocycles. The molecule has 0 spiro atoms. The van der Waals surface area contributed by atoms with Crippen LogP contribution in [0.2, 0.25) is 0 Å². The molecule has 0 aliphatic carbocycles. The number of rotatable bonds is 9. The van der Waals surface area contributed by atoms with Crippen molar-refractivity contribution in [1.29, 1.82) is 0 Å². The van der Waals surface area contributed by atoms with Gasteiger partial charge >= 0.3 is 0 Å². The van der Waals surface area contributed by atoms with Crippen LogP contribution in [0.15, 0.2) is 22.9 Å². The highest BCUT2D eigenvalue weighted by Gasteiger charge is 2.09. The van der Waals surface area contributed by atoms with E-state index < -0.39 is 0 Å². The Balaban J connectivity index is 2.48. The second-order valence-electron chi connectivity index (χ2n) is 4.44. The number of thioether (sulfide) groups is 1. The zero-order valence-corrected chi connectivity index (χ0v) is 13.7. The zero-order valence-electron chi connectivity index (χ0n) is 11.3. The summed E-state index contributed by atoms with van der Waals surface area (Å²) in [6.07, 6.45) is 7.30. The average molecular weight is 331 g/mol. The maximum Gasteiger partial charge on any atom is 0.0410 e. The van der Waals surface area contributed by atoms with Gasteiger partial charge in [-0.15, -0.1) is 0 Å². The molecule has 1 rings (SSSR count). The molecule has 1 aromatic rings. The summed E-state index contributed by atoms with van der Waals surface area (Å²) in [5.74, 6) is 2.43. The lowest BCUT2D eigenvalue weighted by Gasteiger charge is -2.18. The lowest BCUT2D eigenvalue weighted by Crippen LogP contribution is -2.34. The molecule has 1 aromatic heterocycles. The second kappa shape index (κ2) is 9.82. The normalized spacial score (nSPS) is 12.6. The largest absolute Gasteiger partial charge is 0.313 e. The lowest BCUT2D eigenvalue weighted by atomic mass is 10.1. The van der Waals surface area contributed by atoms with E-state index in [9.17, 15) is 0 Å². The van der Waals surface area contributed by atoms with E-state index in [1.54, 1.807) is 0 Å². The predicted molar refractivity (Wildman–Crippen MR) is 85.3 cm³/mol. The molecular formula is C14H23BrN2S. The fourth-order valence-electron chi connectivity index (χ4n) is 1.76. The highest BCUT2D eigenvalue weighted by molar-refractivity contribution is 9.10. The summed E-state index contributed by atoms with van der Waals surface area (Å²) in [5.41, 5.74) is 1.30. The Morgan fingerprint density at radius 3 is 2.83 bits per heavy atom. The van der Waals surface area contributed by atoms with Gasteiger partial charge in [0.2, 0.25) is 0 Å². The summed E-state index contributed by atoms with van der Waals surface area (Å²) in [7, 11) is 0.